The average molecular weight is 262 g/mol. The summed E-state index contributed by atoms with van der Waals surface area (Å²) in [6, 6.07) is 11.3. The lowest BCUT2D eigenvalue weighted by atomic mass is 10.2. The molecule has 0 aliphatic carbocycles. The molecule has 0 aromatic heterocycles. The van der Waals surface area contributed by atoms with Gasteiger partial charge < -0.3 is 4.74 Å². The van der Waals surface area contributed by atoms with E-state index in [0.29, 0.717) is 17.8 Å². The van der Waals surface area contributed by atoms with Crippen molar-refractivity contribution in [3.05, 3.63) is 53.8 Å². The quantitative estimate of drug-likeness (QED) is 0.611. The van der Waals surface area contributed by atoms with Crippen LogP contribution in [0.25, 0.3) is 0 Å². The molecule has 0 unspecified atom stereocenters. The largest absolute Gasteiger partial charge is 0.457 e. The van der Waals surface area contributed by atoms with Gasteiger partial charge in [-0.1, -0.05) is 0 Å². The van der Waals surface area contributed by atoms with Crippen LogP contribution in [0.4, 0.5) is 4.39 Å². The zero-order valence-electron chi connectivity index (χ0n) is 9.72. The third-order valence-corrected chi connectivity index (χ3v) is 3.13. The van der Waals surface area contributed by atoms with E-state index in [4.69, 9.17) is 4.74 Å². The van der Waals surface area contributed by atoms with Crippen molar-refractivity contribution in [3.63, 3.8) is 0 Å². The maximum atomic E-state index is 13.0. The van der Waals surface area contributed by atoms with Gasteiger partial charge in [-0.25, -0.2) is 4.39 Å². The second-order valence-corrected chi connectivity index (χ2v) is 4.46. The normalized spacial score (nSPS) is 10.1. The molecular formula is C14H11FO2S. The number of hydrogen-bond donors (Lipinski definition) is 0. The molecule has 0 spiro atoms. The molecule has 0 atom stereocenters. The van der Waals surface area contributed by atoms with Crippen LogP contribution in [0.3, 0.4) is 0 Å². The minimum absolute atomic E-state index is 0.198. The summed E-state index contributed by atoms with van der Waals surface area (Å²) in [5, 5.41) is 0. The molecule has 0 saturated heterocycles. The first-order chi connectivity index (χ1) is 8.72. The number of hydrogen-bond acceptors (Lipinski definition) is 3. The van der Waals surface area contributed by atoms with Crippen LogP contribution in [-0.4, -0.2) is 12.5 Å². The second-order valence-electron chi connectivity index (χ2n) is 3.58. The SMILES string of the molecule is CSc1ccc(Oc2ccc(F)cc2C=O)cc1. The monoisotopic (exact) mass is 262 g/mol. The molecule has 0 bridgehead atoms. The van der Waals surface area contributed by atoms with Crippen molar-refractivity contribution in [3.8, 4) is 11.5 Å². The van der Waals surface area contributed by atoms with Crippen LogP contribution >= 0.6 is 11.8 Å². The third-order valence-electron chi connectivity index (χ3n) is 2.39. The molecule has 0 saturated carbocycles. The van der Waals surface area contributed by atoms with Gasteiger partial charge in [-0.05, 0) is 48.7 Å². The minimum Gasteiger partial charge on any atom is -0.457 e. The summed E-state index contributed by atoms with van der Waals surface area (Å²) < 4.78 is 18.5. The molecule has 0 aliphatic rings. The first-order valence-corrected chi connectivity index (χ1v) is 6.52. The van der Waals surface area contributed by atoms with Gasteiger partial charge in [0.25, 0.3) is 0 Å². The number of carbonyl (C=O) groups excluding carboxylic acids is 1. The zero-order valence-corrected chi connectivity index (χ0v) is 10.5. The number of benzene rings is 2. The van der Waals surface area contributed by atoms with Crippen molar-refractivity contribution in [1.29, 1.82) is 0 Å². The number of aldehydes is 1. The van der Waals surface area contributed by atoms with Gasteiger partial charge in [-0.15, -0.1) is 11.8 Å². The van der Waals surface area contributed by atoms with E-state index < -0.39 is 5.82 Å². The number of halogens is 1. The Kier molecular flexibility index (Phi) is 3.99. The molecule has 0 N–H and O–H groups in total. The van der Waals surface area contributed by atoms with Gasteiger partial charge in [0, 0.05) is 4.90 Å². The zero-order chi connectivity index (χ0) is 13.0. The fourth-order valence-electron chi connectivity index (χ4n) is 1.48. The summed E-state index contributed by atoms with van der Waals surface area (Å²) in [7, 11) is 0. The highest BCUT2D eigenvalue weighted by Gasteiger charge is 2.05. The van der Waals surface area contributed by atoms with Gasteiger partial charge >= 0.3 is 0 Å². The van der Waals surface area contributed by atoms with Crippen molar-refractivity contribution >= 4 is 18.0 Å². The molecule has 0 aliphatic heterocycles. The summed E-state index contributed by atoms with van der Waals surface area (Å²) in [4.78, 5) is 11.9. The first kappa shape index (κ1) is 12.6. The highest BCUT2D eigenvalue weighted by atomic mass is 32.2. The van der Waals surface area contributed by atoms with Gasteiger partial charge in [-0.3, -0.25) is 4.79 Å². The third kappa shape index (κ3) is 2.90. The summed E-state index contributed by atoms with van der Waals surface area (Å²) in [6.45, 7) is 0. The van der Waals surface area contributed by atoms with Gasteiger partial charge in [-0.2, -0.15) is 0 Å². The summed E-state index contributed by atoms with van der Waals surface area (Å²) in [6.07, 6.45) is 2.56. The van der Waals surface area contributed by atoms with Crippen molar-refractivity contribution in [2.45, 2.75) is 4.90 Å². The Balaban J connectivity index is 2.24. The van der Waals surface area contributed by atoms with Crippen LogP contribution < -0.4 is 4.74 Å². The molecule has 2 nitrogen and oxygen atoms in total. The van der Waals surface area contributed by atoms with E-state index in [1.54, 1.807) is 11.8 Å². The standard InChI is InChI=1S/C14H11FO2S/c1-18-13-5-3-12(4-6-13)17-14-7-2-11(15)8-10(14)9-16/h2-9H,1H3. The molecule has 0 amide bonds. The van der Waals surface area contributed by atoms with E-state index >= 15 is 0 Å². The Hall–Kier alpha value is -1.81. The van der Waals surface area contributed by atoms with Crippen LogP contribution in [0.1, 0.15) is 10.4 Å². The molecule has 92 valence electrons. The van der Waals surface area contributed by atoms with E-state index in [1.807, 2.05) is 30.5 Å². The number of ether oxygens (including phenoxy) is 1. The Morgan fingerprint density at radius 1 is 1.17 bits per heavy atom. The summed E-state index contributed by atoms with van der Waals surface area (Å²) in [5.74, 6) is 0.507. The number of carbonyl (C=O) groups is 1. The van der Waals surface area contributed by atoms with Gasteiger partial charge in [0.1, 0.15) is 17.3 Å². The van der Waals surface area contributed by atoms with Gasteiger partial charge in [0.05, 0.1) is 5.56 Å². The molecule has 4 heteroatoms. The Labute approximate surface area is 109 Å². The Morgan fingerprint density at radius 2 is 1.89 bits per heavy atom. The molecule has 2 aromatic carbocycles. The molecule has 0 heterocycles. The van der Waals surface area contributed by atoms with Crippen LogP contribution in [0.2, 0.25) is 0 Å². The van der Waals surface area contributed by atoms with E-state index in [-0.39, 0.29) is 5.56 Å². The summed E-state index contributed by atoms with van der Waals surface area (Å²) in [5.41, 5.74) is 0.198. The van der Waals surface area contributed by atoms with Crippen LogP contribution in [-0.2, 0) is 0 Å². The maximum absolute atomic E-state index is 13.0. The van der Waals surface area contributed by atoms with E-state index in [2.05, 4.69) is 0 Å². The van der Waals surface area contributed by atoms with Gasteiger partial charge in [0.2, 0.25) is 0 Å². The lowest BCUT2D eigenvalue weighted by Gasteiger charge is -2.08. The molecule has 0 fully saturated rings. The van der Waals surface area contributed by atoms with Crippen LogP contribution in [0.15, 0.2) is 47.4 Å². The highest BCUT2D eigenvalue weighted by Crippen LogP contribution is 2.26. The Bertz CT molecular complexity index is 552. The fraction of sp³-hybridized carbons (Fsp3) is 0.0714. The van der Waals surface area contributed by atoms with E-state index in [0.717, 1.165) is 11.0 Å². The Morgan fingerprint density at radius 3 is 2.50 bits per heavy atom. The first-order valence-electron chi connectivity index (χ1n) is 5.29. The predicted octanol–water partition coefficient (Wildman–Crippen LogP) is 4.15. The summed E-state index contributed by atoms with van der Waals surface area (Å²) >= 11 is 1.63. The topological polar surface area (TPSA) is 26.3 Å². The van der Waals surface area contributed by atoms with Crippen LogP contribution in [0.5, 0.6) is 11.5 Å². The second kappa shape index (κ2) is 5.69. The lowest BCUT2D eigenvalue weighted by molar-refractivity contribution is 0.112. The fourth-order valence-corrected chi connectivity index (χ4v) is 1.88. The highest BCUT2D eigenvalue weighted by molar-refractivity contribution is 7.98. The molecule has 0 radical (unpaired) electrons. The van der Waals surface area contributed by atoms with Crippen molar-refractivity contribution in [1.82, 2.24) is 0 Å². The van der Waals surface area contributed by atoms with Gasteiger partial charge in [0.15, 0.2) is 6.29 Å². The minimum atomic E-state index is -0.456. The average Bonchev–Trinajstić information content (AvgIpc) is 2.41. The van der Waals surface area contributed by atoms with Crippen LogP contribution in [0, 0.1) is 5.82 Å². The smallest absolute Gasteiger partial charge is 0.153 e. The van der Waals surface area contributed by atoms with E-state index in [9.17, 15) is 9.18 Å². The lowest BCUT2D eigenvalue weighted by Crippen LogP contribution is -1.91. The molecular weight excluding hydrogens is 251 g/mol. The van der Waals surface area contributed by atoms with Crippen molar-refractivity contribution in [2.24, 2.45) is 0 Å². The van der Waals surface area contributed by atoms with Crippen molar-refractivity contribution in [2.75, 3.05) is 6.26 Å². The van der Waals surface area contributed by atoms with E-state index in [1.165, 1.54) is 12.1 Å². The number of rotatable bonds is 4. The predicted molar refractivity (Wildman–Crippen MR) is 70.1 cm³/mol. The maximum Gasteiger partial charge on any atom is 0.153 e. The molecule has 2 rings (SSSR count). The molecule has 2 aromatic rings. The molecule has 18 heavy (non-hydrogen) atoms. The number of thioether (sulfide) groups is 1. The van der Waals surface area contributed by atoms with Crippen molar-refractivity contribution < 1.29 is 13.9 Å².